The fraction of sp³-hybridized carbons (Fsp3) is 0.235. The zero-order valence-electron chi connectivity index (χ0n) is 12.5. The lowest BCUT2D eigenvalue weighted by molar-refractivity contribution is 0.0827. The van der Waals surface area contributed by atoms with Crippen molar-refractivity contribution in [3.05, 3.63) is 63.6 Å². The van der Waals surface area contributed by atoms with Crippen molar-refractivity contribution in [2.75, 3.05) is 19.4 Å². The third-order valence-corrected chi connectivity index (χ3v) is 4.13. The van der Waals surface area contributed by atoms with Gasteiger partial charge in [0.25, 0.3) is 5.91 Å². The van der Waals surface area contributed by atoms with Crippen LogP contribution in [-0.2, 0) is 6.54 Å². The molecule has 0 spiro atoms. The second kappa shape index (κ2) is 6.76. The second-order valence-electron chi connectivity index (χ2n) is 5.21. The minimum atomic E-state index is 0.0176. The number of carbonyl (C=O) groups excluding carboxylic acids is 1. The molecule has 1 amide bonds. The van der Waals surface area contributed by atoms with Crippen LogP contribution < -0.4 is 5.32 Å². The molecule has 0 radical (unpaired) electrons. The van der Waals surface area contributed by atoms with Crippen LogP contribution >= 0.6 is 15.9 Å². The molecule has 0 heterocycles. The van der Waals surface area contributed by atoms with Crippen LogP contribution in [0.25, 0.3) is 0 Å². The number of nitrogens with zero attached hydrogens (tertiary/aromatic N) is 1. The lowest BCUT2D eigenvalue weighted by Gasteiger charge is -2.11. The van der Waals surface area contributed by atoms with Crippen LogP contribution in [-0.4, -0.2) is 24.9 Å². The van der Waals surface area contributed by atoms with Crippen molar-refractivity contribution in [2.45, 2.75) is 13.5 Å². The van der Waals surface area contributed by atoms with Crippen LogP contribution in [0.5, 0.6) is 0 Å². The number of benzene rings is 2. The Bertz CT molecular complexity index is 636. The van der Waals surface area contributed by atoms with Crippen molar-refractivity contribution < 1.29 is 4.79 Å². The predicted octanol–water partition coefficient (Wildman–Crippen LogP) is 4.07. The maximum atomic E-state index is 11.8. The van der Waals surface area contributed by atoms with E-state index in [2.05, 4.69) is 46.4 Å². The molecule has 0 unspecified atom stereocenters. The summed E-state index contributed by atoms with van der Waals surface area (Å²) in [4.78, 5) is 13.4. The number of aryl methyl sites for hydroxylation is 1. The summed E-state index contributed by atoms with van der Waals surface area (Å²) >= 11 is 3.54. The highest BCUT2D eigenvalue weighted by molar-refractivity contribution is 9.10. The molecule has 4 heteroatoms. The van der Waals surface area contributed by atoms with Crippen LogP contribution in [0.2, 0.25) is 0 Å². The lowest BCUT2D eigenvalue weighted by Crippen LogP contribution is -2.21. The normalized spacial score (nSPS) is 10.3. The van der Waals surface area contributed by atoms with Gasteiger partial charge in [-0.15, -0.1) is 0 Å². The van der Waals surface area contributed by atoms with Crippen LogP contribution in [0.15, 0.2) is 46.9 Å². The Balaban J connectivity index is 2.00. The van der Waals surface area contributed by atoms with Gasteiger partial charge in [-0.25, -0.2) is 0 Å². The summed E-state index contributed by atoms with van der Waals surface area (Å²) in [7, 11) is 3.51. The number of nitrogens with one attached hydrogen (secondary N) is 1. The highest BCUT2D eigenvalue weighted by Crippen LogP contribution is 2.18. The van der Waals surface area contributed by atoms with Gasteiger partial charge in [-0.05, 0) is 48.4 Å². The Kier molecular flexibility index (Phi) is 5.02. The topological polar surface area (TPSA) is 32.3 Å². The van der Waals surface area contributed by atoms with Gasteiger partial charge >= 0.3 is 0 Å². The molecule has 1 N–H and O–H groups in total. The molecule has 0 aliphatic rings. The smallest absolute Gasteiger partial charge is 0.253 e. The number of halogens is 1. The number of hydrogen-bond donors (Lipinski definition) is 1. The first-order chi connectivity index (χ1) is 9.97. The molecule has 110 valence electrons. The van der Waals surface area contributed by atoms with Gasteiger partial charge < -0.3 is 10.2 Å². The first-order valence-corrected chi connectivity index (χ1v) is 7.57. The molecule has 0 aromatic heterocycles. The number of amides is 1. The van der Waals surface area contributed by atoms with Crippen LogP contribution in [0.3, 0.4) is 0 Å². The minimum absolute atomic E-state index is 0.0176. The summed E-state index contributed by atoms with van der Waals surface area (Å²) in [6, 6.07) is 13.9. The maximum Gasteiger partial charge on any atom is 0.253 e. The van der Waals surface area contributed by atoms with E-state index in [1.807, 2.05) is 24.3 Å². The fourth-order valence-electron chi connectivity index (χ4n) is 1.94. The zero-order chi connectivity index (χ0) is 15.4. The molecule has 0 fully saturated rings. The number of carbonyl (C=O) groups is 1. The van der Waals surface area contributed by atoms with Gasteiger partial charge in [0, 0.05) is 36.4 Å². The van der Waals surface area contributed by atoms with Gasteiger partial charge in [0.05, 0.1) is 0 Å². The Morgan fingerprint density at radius 1 is 1.14 bits per heavy atom. The molecule has 0 saturated heterocycles. The zero-order valence-corrected chi connectivity index (χ0v) is 14.1. The van der Waals surface area contributed by atoms with Crippen molar-refractivity contribution in [3.8, 4) is 0 Å². The quantitative estimate of drug-likeness (QED) is 0.904. The van der Waals surface area contributed by atoms with E-state index in [4.69, 9.17) is 0 Å². The molecular formula is C17H19BrN2O. The number of hydrogen-bond acceptors (Lipinski definition) is 2. The van der Waals surface area contributed by atoms with E-state index in [1.54, 1.807) is 19.0 Å². The average Bonchev–Trinajstić information content (AvgIpc) is 2.48. The van der Waals surface area contributed by atoms with E-state index < -0.39 is 0 Å². The largest absolute Gasteiger partial charge is 0.381 e. The molecule has 0 bridgehead atoms. The highest BCUT2D eigenvalue weighted by atomic mass is 79.9. The maximum absolute atomic E-state index is 11.8. The highest BCUT2D eigenvalue weighted by Gasteiger charge is 2.07. The van der Waals surface area contributed by atoms with E-state index in [1.165, 1.54) is 11.1 Å². The molecule has 0 saturated carbocycles. The van der Waals surface area contributed by atoms with E-state index in [9.17, 15) is 4.79 Å². The molecule has 3 nitrogen and oxygen atoms in total. The average molecular weight is 347 g/mol. The standard InChI is InChI=1S/C17H19BrN2O/c1-12-4-5-13(10-16(12)18)11-19-15-8-6-14(7-9-15)17(21)20(2)3/h4-10,19H,11H2,1-3H3. The molecule has 2 aromatic rings. The van der Waals surface area contributed by atoms with Crippen molar-refractivity contribution in [3.63, 3.8) is 0 Å². The SMILES string of the molecule is Cc1ccc(CNc2ccc(C(=O)N(C)C)cc2)cc1Br. The van der Waals surface area contributed by atoms with Gasteiger partial charge in [0.1, 0.15) is 0 Å². The first kappa shape index (κ1) is 15.6. The molecule has 0 aliphatic heterocycles. The molecule has 0 atom stereocenters. The van der Waals surface area contributed by atoms with Gasteiger partial charge in [0.2, 0.25) is 0 Å². The molecule has 2 aromatic carbocycles. The summed E-state index contributed by atoms with van der Waals surface area (Å²) in [6.45, 7) is 2.82. The summed E-state index contributed by atoms with van der Waals surface area (Å²) < 4.78 is 1.12. The van der Waals surface area contributed by atoms with Crippen LogP contribution in [0.4, 0.5) is 5.69 Å². The van der Waals surface area contributed by atoms with Crippen molar-refractivity contribution in [1.82, 2.24) is 4.90 Å². The summed E-state index contributed by atoms with van der Waals surface area (Å²) in [5, 5.41) is 3.36. The fourth-order valence-corrected chi connectivity index (χ4v) is 2.37. The molecular weight excluding hydrogens is 328 g/mol. The van der Waals surface area contributed by atoms with Crippen LogP contribution in [0.1, 0.15) is 21.5 Å². The van der Waals surface area contributed by atoms with Gasteiger partial charge in [0.15, 0.2) is 0 Å². The Morgan fingerprint density at radius 3 is 2.38 bits per heavy atom. The molecule has 0 aliphatic carbocycles. The summed E-state index contributed by atoms with van der Waals surface area (Å²) in [6.07, 6.45) is 0. The summed E-state index contributed by atoms with van der Waals surface area (Å²) in [5.41, 5.74) is 4.14. The number of anilines is 1. The third kappa shape index (κ3) is 4.08. The van der Waals surface area contributed by atoms with Gasteiger partial charge in [-0.1, -0.05) is 28.1 Å². The Labute approximate surface area is 134 Å². The van der Waals surface area contributed by atoms with Crippen molar-refractivity contribution in [1.29, 1.82) is 0 Å². The Morgan fingerprint density at radius 2 is 1.81 bits per heavy atom. The summed E-state index contributed by atoms with van der Waals surface area (Å²) in [5.74, 6) is 0.0176. The van der Waals surface area contributed by atoms with Gasteiger partial charge in [-0.2, -0.15) is 0 Å². The lowest BCUT2D eigenvalue weighted by atomic mass is 10.1. The van der Waals surface area contributed by atoms with E-state index in [0.29, 0.717) is 5.56 Å². The third-order valence-electron chi connectivity index (χ3n) is 3.27. The first-order valence-electron chi connectivity index (χ1n) is 6.78. The van der Waals surface area contributed by atoms with E-state index >= 15 is 0 Å². The van der Waals surface area contributed by atoms with E-state index in [-0.39, 0.29) is 5.91 Å². The van der Waals surface area contributed by atoms with Crippen molar-refractivity contribution in [2.24, 2.45) is 0 Å². The monoisotopic (exact) mass is 346 g/mol. The number of rotatable bonds is 4. The molecule has 2 rings (SSSR count). The second-order valence-corrected chi connectivity index (χ2v) is 6.07. The minimum Gasteiger partial charge on any atom is -0.381 e. The molecule has 21 heavy (non-hydrogen) atoms. The van der Waals surface area contributed by atoms with Crippen molar-refractivity contribution >= 4 is 27.5 Å². The van der Waals surface area contributed by atoms with Crippen LogP contribution in [0, 0.1) is 6.92 Å². The van der Waals surface area contributed by atoms with Gasteiger partial charge in [-0.3, -0.25) is 4.79 Å². The predicted molar refractivity (Wildman–Crippen MR) is 90.7 cm³/mol. The Hall–Kier alpha value is -1.81. The van der Waals surface area contributed by atoms with E-state index in [0.717, 1.165) is 16.7 Å².